The van der Waals surface area contributed by atoms with Gasteiger partial charge in [0.1, 0.15) is 6.54 Å². The van der Waals surface area contributed by atoms with Crippen molar-refractivity contribution in [1.29, 1.82) is 0 Å². The zero-order valence-electron chi connectivity index (χ0n) is 17.3. The Morgan fingerprint density at radius 2 is 1.83 bits per heavy atom. The Kier molecular flexibility index (Phi) is 13.2. The van der Waals surface area contributed by atoms with Crippen LogP contribution in [-0.2, 0) is 16.0 Å². The van der Waals surface area contributed by atoms with E-state index < -0.39 is 0 Å². The number of ether oxygens (including phenoxy) is 1. The van der Waals surface area contributed by atoms with E-state index in [1.807, 2.05) is 24.3 Å². The van der Waals surface area contributed by atoms with Gasteiger partial charge in [0.15, 0.2) is 5.96 Å². The molecule has 164 valence electrons. The topological polar surface area (TPSA) is 69.2 Å². The highest BCUT2D eigenvalue weighted by atomic mass is 127. The van der Waals surface area contributed by atoms with Crippen LogP contribution in [0.2, 0.25) is 5.02 Å². The molecule has 1 amide bonds. The van der Waals surface area contributed by atoms with Crippen LogP contribution in [0.5, 0.6) is 0 Å². The van der Waals surface area contributed by atoms with Crippen LogP contribution in [-0.4, -0.2) is 88.2 Å². The Bertz CT molecular complexity index is 622. The Balaban J connectivity index is 0.00000420. The van der Waals surface area contributed by atoms with E-state index in [2.05, 4.69) is 20.5 Å². The number of hydrogen-bond acceptors (Lipinski definition) is 4. The molecule has 1 saturated heterocycles. The molecule has 0 spiro atoms. The molecule has 1 fully saturated rings. The van der Waals surface area contributed by atoms with Gasteiger partial charge in [-0.3, -0.25) is 9.69 Å². The summed E-state index contributed by atoms with van der Waals surface area (Å²) in [6.45, 7) is 6.33. The molecule has 1 aliphatic rings. The number of nitrogens with one attached hydrogen (secondary N) is 2. The van der Waals surface area contributed by atoms with Crippen LogP contribution in [0, 0.1) is 0 Å². The SMILES string of the molecule is CN(C)C(=O)CN=C(NCCCN1CCOCC1)NCCc1ccc(Cl)cc1.I. The normalized spacial score (nSPS) is 14.8. The minimum atomic E-state index is -0.0212. The molecule has 7 nitrogen and oxygen atoms in total. The average molecular weight is 538 g/mol. The number of morpholine rings is 1. The molecule has 2 rings (SSSR count). The molecule has 1 aromatic rings. The number of rotatable bonds is 9. The summed E-state index contributed by atoms with van der Waals surface area (Å²) in [5, 5.41) is 7.39. The Hall–Kier alpha value is -1.10. The molecular weight excluding hydrogens is 505 g/mol. The van der Waals surface area contributed by atoms with E-state index in [0.717, 1.165) is 63.8 Å². The fourth-order valence-electron chi connectivity index (χ4n) is 2.77. The highest BCUT2D eigenvalue weighted by molar-refractivity contribution is 14.0. The first-order valence-corrected chi connectivity index (χ1v) is 10.2. The van der Waals surface area contributed by atoms with E-state index in [1.54, 1.807) is 19.0 Å². The average Bonchev–Trinajstić information content (AvgIpc) is 2.70. The predicted octanol–water partition coefficient (Wildman–Crippen LogP) is 1.85. The van der Waals surface area contributed by atoms with E-state index in [4.69, 9.17) is 16.3 Å². The summed E-state index contributed by atoms with van der Waals surface area (Å²) in [4.78, 5) is 20.2. The lowest BCUT2D eigenvalue weighted by molar-refractivity contribution is -0.127. The fraction of sp³-hybridized carbons (Fsp3) is 0.600. The quantitative estimate of drug-likeness (QED) is 0.218. The molecule has 1 aliphatic heterocycles. The fourth-order valence-corrected chi connectivity index (χ4v) is 2.90. The van der Waals surface area contributed by atoms with E-state index >= 15 is 0 Å². The maximum Gasteiger partial charge on any atom is 0.243 e. The van der Waals surface area contributed by atoms with Crippen molar-refractivity contribution >= 4 is 47.4 Å². The van der Waals surface area contributed by atoms with Gasteiger partial charge in [-0.15, -0.1) is 24.0 Å². The highest BCUT2D eigenvalue weighted by Gasteiger charge is 2.09. The molecule has 0 aromatic heterocycles. The number of hydrogen-bond donors (Lipinski definition) is 2. The zero-order chi connectivity index (χ0) is 20.2. The zero-order valence-corrected chi connectivity index (χ0v) is 20.4. The lowest BCUT2D eigenvalue weighted by Crippen LogP contribution is -2.41. The van der Waals surface area contributed by atoms with Gasteiger partial charge < -0.3 is 20.3 Å². The van der Waals surface area contributed by atoms with Gasteiger partial charge in [0.2, 0.25) is 5.91 Å². The maximum atomic E-state index is 11.8. The van der Waals surface area contributed by atoms with Gasteiger partial charge in [0, 0.05) is 45.3 Å². The van der Waals surface area contributed by atoms with Crippen LogP contribution < -0.4 is 10.6 Å². The van der Waals surface area contributed by atoms with Gasteiger partial charge >= 0.3 is 0 Å². The third kappa shape index (κ3) is 11.0. The molecule has 0 aliphatic carbocycles. The molecule has 0 radical (unpaired) electrons. The lowest BCUT2D eigenvalue weighted by atomic mass is 10.1. The molecule has 1 heterocycles. The van der Waals surface area contributed by atoms with Crippen LogP contribution in [0.3, 0.4) is 0 Å². The van der Waals surface area contributed by atoms with Gasteiger partial charge in [-0.05, 0) is 37.1 Å². The van der Waals surface area contributed by atoms with Crippen molar-refractivity contribution in [3.05, 3.63) is 34.9 Å². The predicted molar refractivity (Wildman–Crippen MR) is 129 cm³/mol. The van der Waals surface area contributed by atoms with Crippen LogP contribution in [0.25, 0.3) is 0 Å². The Labute approximate surface area is 196 Å². The van der Waals surface area contributed by atoms with Crippen LogP contribution >= 0.6 is 35.6 Å². The molecule has 1 aromatic carbocycles. The van der Waals surface area contributed by atoms with Gasteiger partial charge in [0.05, 0.1) is 13.2 Å². The molecule has 9 heteroatoms. The number of nitrogens with zero attached hydrogens (tertiary/aromatic N) is 3. The number of guanidine groups is 1. The van der Waals surface area contributed by atoms with Gasteiger partial charge in [-0.1, -0.05) is 23.7 Å². The van der Waals surface area contributed by atoms with Crippen LogP contribution in [0.1, 0.15) is 12.0 Å². The minimum Gasteiger partial charge on any atom is -0.379 e. The van der Waals surface area contributed by atoms with Crippen LogP contribution in [0.15, 0.2) is 29.3 Å². The number of likely N-dealkylation sites (N-methyl/N-ethyl adjacent to an activating group) is 1. The molecule has 2 N–H and O–H groups in total. The van der Waals surface area contributed by atoms with Gasteiger partial charge in [-0.25, -0.2) is 4.99 Å². The van der Waals surface area contributed by atoms with Crippen molar-refractivity contribution in [2.75, 3.05) is 66.6 Å². The number of aliphatic imine (C=N–C) groups is 1. The first-order chi connectivity index (χ1) is 13.5. The maximum absolute atomic E-state index is 11.8. The monoisotopic (exact) mass is 537 g/mol. The van der Waals surface area contributed by atoms with E-state index in [-0.39, 0.29) is 36.4 Å². The standard InChI is InChI=1S/C20H32ClN5O2.HI/c1-25(2)19(27)16-24-20(22-9-3-11-26-12-14-28-15-13-26)23-10-8-17-4-6-18(21)7-5-17;/h4-7H,3,8-16H2,1-2H3,(H2,22,23,24);1H. The molecule has 0 atom stereocenters. The molecule has 0 bridgehead atoms. The summed E-state index contributed by atoms with van der Waals surface area (Å²) in [6, 6.07) is 7.83. The molecule has 29 heavy (non-hydrogen) atoms. The van der Waals surface area contributed by atoms with Crippen molar-refractivity contribution in [2.24, 2.45) is 4.99 Å². The second kappa shape index (κ2) is 14.8. The molecule has 0 saturated carbocycles. The lowest BCUT2D eigenvalue weighted by Gasteiger charge is -2.26. The summed E-state index contributed by atoms with van der Waals surface area (Å²) < 4.78 is 5.38. The third-order valence-corrected chi connectivity index (χ3v) is 4.79. The number of carbonyl (C=O) groups is 1. The molecular formula is C20H33ClIN5O2. The summed E-state index contributed by atoms with van der Waals surface area (Å²) in [5.74, 6) is 0.651. The minimum absolute atomic E-state index is 0. The number of halogens is 2. The van der Waals surface area contributed by atoms with Gasteiger partial charge in [-0.2, -0.15) is 0 Å². The smallest absolute Gasteiger partial charge is 0.243 e. The first-order valence-electron chi connectivity index (χ1n) is 9.81. The largest absolute Gasteiger partial charge is 0.379 e. The van der Waals surface area contributed by atoms with Crippen molar-refractivity contribution in [3.8, 4) is 0 Å². The molecule has 0 unspecified atom stereocenters. The van der Waals surface area contributed by atoms with Crippen molar-refractivity contribution < 1.29 is 9.53 Å². The summed E-state index contributed by atoms with van der Waals surface area (Å²) in [7, 11) is 3.47. The second-order valence-corrected chi connectivity index (χ2v) is 7.43. The van der Waals surface area contributed by atoms with Crippen molar-refractivity contribution in [1.82, 2.24) is 20.4 Å². The van der Waals surface area contributed by atoms with Crippen molar-refractivity contribution in [2.45, 2.75) is 12.8 Å². The first kappa shape index (κ1) is 25.9. The van der Waals surface area contributed by atoms with E-state index in [9.17, 15) is 4.79 Å². The van der Waals surface area contributed by atoms with Crippen LogP contribution in [0.4, 0.5) is 0 Å². The second-order valence-electron chi connectivity index (χ2n) is 6.99. The Morgan fingerprint density at radius 1 is 1.17 bits per heavy atom. The number of amides is 1. The van der Waals surface area contributed by atoms with Gasteiger partial charge in [0.25, 0.3) is 0 Å². The van der Waals surface area contributed by atoms with E-state index in [0.29, 0.717) is 5.96 Å². The highest BCUT2D eigenvalue weighted by Crippen LogP contribution is 2.09. The number of carbonyl (C=O) groups excluding carboxylic acids is 1. The Morgan fingerprint density at radius 3 is 2.48 bits per heavy atom. The summed E-state index contributed by atoms with van der Waals surface area (Å²) >= 11 is 5.93. The van der Waals surface area contributed by atoms with Crippen molar-refractivity contribution in [3.63, 3.8) is 0 Å². The summed E-state index contributed by atoms with van der Waals surface area (Å²) in [5.41, 5.74) is 1.20. The van der Waals surface area contributed by atoms with E-state index in [1.165, 1.54) is 5.56 Å². The number of benzene rings is 1. The third-order valence-electron chi connectivity index (χ3n) is 4.54. The summed E-state index contributed by atoms with van der Waals surface area (Å²) in [6.07, 6.45) is 1.87.